The maximum absolute atomic E-state index is 12.0. The molecule has 2 unspecified atom stereocenters. The van der Waals surface area contributed by atoms with Crippen LogP contribution in [0.5, 0.6) is 0 Å². The Morgan fingerprint density at radius 2 is 1.80 bits per heavy atom. The number of amides is 1. The molecule has 4 nitrogen and oxygen atoms in total. The van der Waals surface area contributed by atoms with Crippen molar-refractivity contribution in [1.29, 1.82) is 0 Å². The third kappa shape index (κ3) is 4.11. The molecule has 116 valence electrons. The molecule has 2 fully saturated rings. The van der Waals surface area contributed by atoms with Crippen molar-refractivity contribution in [2.45, 2.75) is 71.0 Å². The minimum Gasteiger partial charge on any atom is -0.444 e. The predicted molar refractivity (Wildman–Crippen MR) is 78.5 cm³/mol. The molecule has 1 N–H and O–H groups in total. The first kappa shape index (κ1) is 15.6. The van der Waals surface area contributed by atoms with Gasteiger partial charge in [-0.05, 0) is 46.0 Å². The van der Waals surface area contributed by atoms with Crippen molar-refractivity contribution in [3.8, 4) is 0 Å². The topological polar surface area (TPSA) is 49.8 Å². The van der Waals surface area contributed by atoms with Gasteiger partial charge in [-0.3, -0.25) is 0 Å². The second-order valence-corrected chi connectivity index (χ2v) is 7.36. The van der Waals surface area contributed by atoms with E-state index in [0.29, 0.717) is 19.0 Å². The summed E-state index contributed by atoms with van der Waals surface area (Å²) in [5.41, 5.74) is -0.447. The van der Waals surface area contributed by atoms with Crippen LogP contribution in [-0.2, 0) is 4.74 Å². The van der Waals surface area contributed by atoms with Gasteiger partial charge < -0.3 is 14.7 Å². The van der Waals surface area contributed by atoms with Crippen LogP contribution in [0.15, 0.2) is 0 Å². The average Bonchev–Trinajstić information content (AvgIpc) is 2.86. The standard InChI is InChI=1S/C16H29NO3/c1-16(2,3)20-15(19)17-10-9-13(11-17)14(18)12-7-5-4-6-8-12/h12-14,18H,4-11H2,1-3H3. The Balaban J connectivity index is 1.83. The Kier molecular flexibility index (Phi) is 4.95. The first-order valence-electron chi connectivity index (χ1n) is 8.03. The third-order valence-corrected chi connectivity index (χ3v) is 4.49. The van der Waals surface area contributed by atoms with Crippen LogP contribution in [0.3, 0.4) is 0 Å². The van der Waals surface area contributed by atoms with E-state index in [2.05, 4.69) is 0 Å². The van der Waals surface area contributed by atoms with Crippen molar-refractivity contribution in [2.24, 2.45) is 11.8 Å². The van der Waals surface area contributed by atoms with E-state index in [0.717, 1.165) is 19.3 Å². The van der Waals surface area contributed by atoms with Crippen LogP contribution in [0.4, 0.5) is 4.79 Å². The fourth-order valence-corrected chi connectivity index (χ4v) is 3.42. The average molecular weight is 283 g/mol. The van der Waals surface area contributed by atoms with E-state index >= 15 is 0 Å². The lowest BCUT2D eigenvalue weighted by Gasteiger charge is -2.30. The minimum atomic E-state index is -0.447. The molecule has 1 heterocycles. The summed E-state index contributed by atoms with van der Waals surface area (Å²) in [6.45, 7) is 7.01. The van der Waals surface area contributed by atoms with Crippen LogP contribution < -0.4 is 0 Å². The third-order valence-electron chi connectivity index (χ3n) is 4.49. The van der Waals surface area contributed by atoms with Gasteiger partial charge in [-0.2, -0.15) is 0 Å². The summed E-state index contributed by atoms with van der Waals surface area (Å²) in [4.78, 5) is 13.8. The zero-order valence-corrected chi connectivity index (χ0v) is 13.1. The summed E-state index contributed by atoms with van der Waals surface area (Å²) in [7, 11) is 0. The van der Waals surface area contributed by atoms with Gasteiger partial charge in [-0.25, -0.2) is 4.79 Å². The van der Waals surface area contributed by atoms with Gasteiger partial charge in [0, 0.05) is 19.0 Å². The molecule has 1 saturated heterocycles. The Bertz CT molecular complexity index is 331. The molecule has 2 aliphatic rings. The van der Waals surface area contributed by atoms with Gasteiger partial charge in [0.25, 0.3) is 0 Å². The first-order valence-corrected chi connectivity index (χ1v) is 8.03. The number of carbonyl (C=O) groups excluding carboxylic acids is 1. The molecular weight excluding hydrogens is 254 g/mol. The van der Waals surface area contributed by atoms with Crippen molar-refractivity contribution < 1.29 is 14.6 Å². The molecule has 0 aromatic heterocycles. The van der Waals surface area contributed by atoms with Crippen LogP contribution in [0.25, 0.3) is 0 Å². The van der Waals surface area contributed by atoms with Crippen LogP contribution in [0.2, 0.25) is 0 Å². The van der Waals surface area contributed by atoms with Gasteiger partial charge in [0.1, 0.15) is 5.60 Å². The minimum absolute atomic E-state index is 0.227. The molecule has 0 aromatic rings. The molecule has 4 heteroatoms. The maximum Gasteiger partial charge on any atom is 0.410 e. The summed E-state index contributed by atoms with van der Waals surface area (Å²) in [6, 6.07) is 0. The summed E-state index contributed by atoms with van der Waals surface area (Å²) in [5, 5.41) is 10.5. The lowest BCUT2D eigenvalue weighted by molar-refractivity contribution is 0.0194. The Morgan fingerprint density at radius 3 is 2.40 bits per heavy atom. The van der Waals surface area contributed by atoms with Crippen molar-refractivity contribution >= 4 is 6.09 Å². The van der Waals surface area contributed by atoms with Gasteiger partial charge in [-0.1, -0.05) is 19.3 Å². The van der Waals surface area contributed by atoms with E-state index < -0.39 is 5.60 Å². The number of nitrogens with zero attached hydrogens (tertiary/aromatic N) is 1. The van der Waals surface area contributed by atoms with Crippen molar-refractivity contribution in [1.82, 2.24) is 4.90 Å². The molecule has 0 aromatic carbocycles. The van der Waals surface area contributed by atoms with Crippen molar-refractivity contribution in [3.05, 3.63) is 0 Å². The van der Waals surface area contributed by atoms with E-state index in [9.17, 15) is 9.90 Å². The molecule has 1 amide bonds. The quantitative estimate of drug-likeness (QED) is 0.846. The molecule has 2 rings (SSSR count). The number of aliphatic hydroxyl groups is 1. The Labute approximate surface area is 122 Å². The van der Waals surface area contributed by atoms with E-state index in [1.54, 1.807) is 4.90 Å². The Morgan fingerprint density at radius 1 is 1.15 bits per heavy atom. The van der Waals surface area contributed by atoms with E-state index in [4.69, 9.17) is 4.74 Å². The number of rotatable bonds is 2. The highest BCUT2D eigenvalue weighted by molar-refractivity contribution is 5.68. The Hall–Kier alpha value is -0.770. The molecule has 1 aliphatic heterocycles. The molecular formula is C16H29NO3. The number of ether oxygens (including phenoxy) is 1. The lowest BCUT2D eigenvalue weighted by atomic mass is 9.80. The lowest BCUT2D eigenvalue weighted by Crippen LogP contribution is -2.37. The summed E-state index contributed by atoms with van der Waals surface area (Å²) >= 11 is 0. The van der Waals surface area contributed by atoms with Crippen LogP contribution in [0, 0.1) is 11.8 Å². The fourth-order valence-electron chi connectivity index (χ4n) is 3.42. The van der Waals surface area contributed by atoms with Gasteiger partial charge in [0.2, 0.25) is 0 Å². The molecule has 1 saturated carbocycles. The van der Waals surface area contributed by atoms with Crippen LogP contribution in [0.1, 0.15) is 59.3 Å². The number of carbonyl (C=O) groups is 1. The molecule has 0 spiro atoms. The van der Waals surface area contributed by atoms with E-state index in [-0.39, 0.29) is 18.1 Å². The molecule has 2 atom stereocenters. The molecule has 1 aliphatic carbocycles. The second-order valence-electron chi connectivity index (χ2n) is 7.36. The highest BCUT2D eigenvalue weighted by atomic mass is 16.6. The van der Waals surface area contributed by atoms with Gasteiger partial charge in [0.15, 0.2) is 0 Å². The van der Waals surface area contributed by atoms with E-state index in [1.807, 2.05) is 20.8 Å². The monoisotopic (exact) mass is 283 g/mol. The normalized spacial score (nSPS) is 26.6. The number of aliphatic hydroxyl groups excluding tert-OH is 1. The largest absolute Gasteiger partial charge is 0.444 e. The smallest absolute Gasteiger partial charge is 0.410 e. The van der Waals surface area contributed by atoms with Crippen LogP contribution in [-0.4, -0.2) is 40.9 Å². The number of likely N-dealkylation sites (tertiary alicyclic amines) is 1. The SMILES string of the molecule is CC(C)(C)OC(=O)N1CCC(C(O)C2CCCCC2)C1. The number of hydrogen-bond donors (Lipinski definition) is 1. The van der Waals surface area contributed by atoms with Gasteiger partial charge >= 0.3 is 6.09 Å². The van der Waals surface area contributed by atoms with Gasteiger partial charge in [-0.15, -0.1) is 0 Å². The molecule has 0 bridgehead atoms. The van der Waals surface area contributed by atoms with Crippen LogP contribution >= 0.6 is 0 Å². The first-order chi connectivity index (χ1) is 9.37. The van der Waals surface area contributed by atoms with Crippen molar-refractivity contribution in [3.63, 3.8) is 0 Å². The number of hydrogen-bond acceptors (Lipinski definition) is 3. The van der Waals surface area contributed by atoms with Crippen molar-refractivity contribution in [2.75, 3.05) is 13.1 Å². The fraction of sp³-hybridized carbons (Fsp3) is 0.938. The zero-order valence-electron chi connectivity index (χ0n) is 13.1. The maximum atomic E-state index is 12.0. The zero-order chi connectivity index (χ0) is 14.8. The summed E-state index contributed by atoms with van der Waals surface area (Å²) in [5.74, 6) is 0.665. The highest BCUT2D eigenvalue weighted by Crippen LogP contribution is 2.33. The summed E-state index contributed by atoms with van der Waals surface area (Å²) in [6.07, 6.45) is 6.48. The highest BCUT2D eigenvalue weighted by Gasteiger charge is 2.36. The summed E-state index contributed by atoms with van der Waals surface area (Å²) < 4.78 is 5.40. The molecule has 20 heavy (non-hydrogen) atoms. The predicted octanol–water partition coefficient (Wildman–Crippen LogP) is 3.18. The van der Waals surface area contributed by atoms with E-state index in [1.165, 1.54) is 19.3 Å². The molecule has 0 radical (unpaired) electrons. The van der Waals surface area contributed by atoms with Gasteiger partial charge in [0.05, 0.1) is 6.10 Å². The second kappa shape index (κ2) is 6.33.